The van der Waals surface area contributed by atoms with E-state index in [-0.39, 0.29) is 11.6 Å². The second-order valence-corrected chi connectivity index (χ2v) is 6.87. The zero-order valence-electron chi connectivity index (χ0n) is 10.4. The van der Waals surface area contributed by atoms with E-state index < -0.39 is 9.75 Å². The average Bonchev–Trinajstić information content (AvgIpc) is 2.74. The van der Waals surface area contributed by atoms with E-state index in [1.807, 2.05) is 0 Å². The fourth-order valence-electron chi connectivity index (χ4n) is 3.58. The molecule has 0 heterocycles. The zero-order chi connectivity index (χ0) is 14.1. The molecular weight excluding hydrogens is 301 g/mol. The third kappa shape index (κ3) is 1.36. The van der Waals surface area contributed by atoms with Crippen molar-refractivity contribution in [1.82, 2.24) is 0 Å². The summed E-state index contributed by atoms with van der Waals surface area (Å²) >= 11 is 13.6. The maximum Gasteiger partial charge on any atom is 0.123 e. The second kappa shape index (κ2) is 3.75. The molecule has 2 aliphatic rings. The lowest BCUT2D eigenvalue weighted by molar-refractivity contribution is 0.541. The van der Waals surface area contributed by atoms with Gasteiger partial charge in [0.1, 0.15) is 16.5 Å². The molecule has 0 radical (unpaired) electrons. The van der Waals surface area contributed by atoms with Crippen LogP contribution >= 0.6 is 23.2 Å². The van der Waals surface area contributed by atoms with Crippen molar-refractivity contribution < 1.29 is 8.78 Å². The van der Waals surface area contributed by atoms with Crippen LogP contribution in [0.2, 0.25) is 0 Å². The molecule has 0 bridgehead atoms. The molecule has 0 aliphatic heterocycles. The Bertz CT molecular complexity index is 684. The summed E-state index contributed by atoms with van der Waals surface area (Å²) in [6.45, 7) is 0. The van der Waals surface area contributed by atoms with E-state index in [4.69, 9.17) is 23.2 Å². The molecule has 0 saturated heterocycles. The molecule has 2 aliphatic carbocycles. The fourth-order valence-corrected chi connectivity index (χ4v) is 4.56. The van der Waals surface area contributed by atoms with Crippen molar-refractivity contribution in [2.75, 3.05) is 0 Å². The van der Waals surface area contributed by atoms with Crippen LogP contribution in [0.25, 0.3) is 0 Å². The van der Waals surface area contributed by atoms with Gasteiger partial charge in [0.15, 0.2) is 0 Å². The molecule has 102 valence electrons. The lowest BCUT2D eigenvalue weighted by Crippen LogP contribution is -2.37. The number of hydrogen-bond acceptors (Lipinski definition) is 0. The molecule has 0 unspecified atom stereocenters. The highest BCUT2D eigenvalue weighted by Gasteiger charge is 2.61. The molecular formula is C16H10Cl2F2. The van der Waals surface area contributed by atoms with Crippen LogP contribution in [-0.4, -0.2) is 4.87 Å². The summed E-state index contributed by atoms with van der Waals surface area (Å²) in [7, 11) is 0. The summed E-state index contributed by atoms with van der Waals surface area (Å²) in [5.41, 5.74) is 3.20. The van der Waals surface area contributed by atoms with Crippen LogP contribution in [0.4, 0.5) is 8.78 Å². The number of benzene rings is 2. The smallest absolute Gasteiger partial charge is 0.123 e. The lowest BCUT2D eigenvalue weighted by atomic mass is 9.90. The topological polar surface area (TPSA) is 0 Å². The highest BCUT2D eigenvalue weighted by molar-refractivity contribution is 6.38. The molecule has 0 aromatic heterocycles. The summed E-state index contributed by atoms with van der Waals surface area (Å²) in [5, 5.41) is 0. The Hall–Kier alpha value is -1.12. The first-order chi connectivity index (χ1) is 9.44. The summed E-state index contributed by atoms with van der Waals surface area (Å²) in [5.74, 6) is -0.705. The molecule has 0 atom stereocenters. The van der Waals surface area contributed by atoms with Gasteiger partial charge >= 0.3 is 0 Å². The van der Waals surface area contributed by atoms with Crippen LogP contribution < -0.4 is 0 Å². The van der Waals surface area contributed by atoms with Gasteiger partial charge in [-0.15, -0.1) is 23.2 Å². The monoisotopic (exact) mass is 310 g/mol. The third-order valence-corrected chi connectivity index (χ3v) is 5.86. The molecule has 2 aromatic carbocycles. The predicted molar refractivity (Wildman–Crippen MR) is 75.4 cm³/mol. The van der Waals surface area contributed by atoms with Crippen molar-refractivity contribution in [3.05, 3.63) is 70.3 Å². The van der Waals surface area contributed by atoms with Gasteiger partial charge in [-0.25, -0.2) is 8.78 Å². The van der Waals surface area contributed by atoms with E-state index in [0.29, 0.717) is 24.0 Å². The van der Waals surface area contributed by atoms with Crippen molar-refractivity contribution in [2.45, 2.75) is 22.6 Å². The molecule has 4 rings (SSSR count). The number of fused-ring (bicyclic) bond motifs is 5. The van der Waals surface area contributed by atoms with Crippen molar-refractivity contribution in [2.24, 2.45) is 0 Å². The van der Waals surface area contributed by atoms with Crippen LogP contribution in [0.3, 0.4) is 0 Å². The zero-order valence-corrected chi connectivity index (χ0v) is 11.9. The molecule has 0 saturated carbocycles. The van der Waals surface area contributed by atoms with Gasteiger partial charge in [0.2, 0.25) is 0 Å². The van der Waals surface area contributed by atoms with Crippen LogP contribution in [0.15, 0.2) is 36.4 Å². The third-order valence-electron chi connectivity index (χ3n) is 4.44. The molecule has 0 N–H and O–H groups in total. The van der Waals surface area contributed by atoms with Crippen molar-refractivity contribution in [3.8, 4) is 0 Å². The van der Waals surface area contributed by atoms with Crippen LogP contribution in [0.1, 0.15) is 22.3 Å². The maximum atomic E-state index is 13.6. The highest BCUT2D eigenvalue weighted by atomic mass is 35.5. The number of halogens is 4. The maximum absolute atomic E-state index is 13.6. The first kappa shape index (κ1) is 12.6. The van der Waals surface area contributed by atoms with Crippen LogP contribution in [0, 0.1) is 11.6 Å². The number of alkyl halides is 2. The second-order valence-electron chi connectivity index (χ2n) is 5.58. The minimum Gasteiger partial charge on any atom is -0.207 e. The Kier molecular flexibility index (Phi) is 2.36. The summed E-state index contributed by atoms with van der Waals surface area (Å²) < 4.78 is 27.2. The Morgan fingerprint density at radius 3 is 1.70 bits per heavy atom. The number of rotatable bonds is 0. The summed E-state index contributed by atoms with van der Waals surface area (Å²) in [4.78, 5) is -1.80. The van der Waals surface area contributed by atoms with Gasteiger partial charge in [-0.1, -0.05) is 12.1 Å². The Balaban J connectivity index is 2.05. The predicted octanol–water partition coefficient (Wildman–Crippen LogP) is 4.54. The number of hydrogen-bond donors (Lipinski definition) is 0. The van der Waals surface area contributed by atoms with E-state index in [9.17, 15) is 8.78 Å². The minimum atomic E-state index is -1.05. The average molecular weight is 311 g/mol. The van der Waals surface area contributed by atoms with Gasteiger partial charge in [-0.05, 0) is 59.4 Å². The van der Waals surface area contributed by atoms with Crippen LogP contribution in [-0.2, 0) is 17.7 Å². The summed E-state index contributed by atoms with van der Waals surface area (Å²) in [6.07, 6.45) is 1.12. The Morgan fingerprint density at radius 1 is 0.800 bits per heavy atom. The van der Waals surface area contributed by atoms with Gasteiger partial charge < -0.3 is 0 Å². The van der Waals surface area contributed by atoms with Gasteiger partial charge in [-0.3, -0.25) is 0 Å². The van der Waals surface area contributed by atoms with Crippen molar-refractivity contribution in [1.29, 1.82) is 0 Å². The lowest BCUT2D eigenvalue weighted by Gasteiger charge is -2.31. The Labute approximate surface area is 125 Å². The van der Waals surface area contributed by atoms with Crippen molar-refractivity contribution >= 4 is 23.2 Å². The molecule has 0 amide bonds. The quantitative estimate of drug-likeness (QED) is 0.627. The van der Waals surface area contributed by atoms with E-state index in [1.54, 1.807) is 12.1 Å². The normalized spacial score (nSPS) is 30.0. The SMILES string of the molecule is Fc1ccc2c(c1)C1(Cl)c3cc(F)ccc3CC1(Cl)C2. The van der Waals surface area contributed by atoms with E-state index in [0.717, 1.165) is 11.1 Å². The largest absolute Gasteiger partial charge is 0.207 e. The van der Waals surface area contributed by atoms with Gasteiger partial charge in [0.25, 0.3) is 0 Å². The van der Waals surface area contributed by atoms with E-state index >= 15 is 0 Å². The standard InChI is InChI=1S/C16H10Cl2F2/c17-15-7-9-1-3-11(19)5-13(9)16(15,18)14-6-12(20)4-2-10(14)8-15/h1-6H,7-8H2. The van der Waals surface area contributed by atoms with Crippen LogP contribution in [0.5, 0.6) is 0 Å². The van der Waals surface area contributed by atoms with E-state index in [2.05, 4.69) is 0 Å². The van der Waals surface area contributed by atoms with Gasteiger partial charge in [-0.2, -0.15) is 0 Å². The van der Waals surface area contributed by atoms with Crippen molar-refractivity contribution in [3.63, 3.8) is 0 Å². The molecule has 20 heavy (non-hydrogen) atoms. The first-order valence-corrected chi connectivity index (χ1v) is 7.15. The van der Waals surface area contributed by atoms with Gasteiger partial charge in [0.05, 0.1) is 4.87 Å². The van der Waals surface area contributed by atoms with Gasteiger partial charge in [0, 0.05) is 0 Å². The molecule has 0 spiro atoms. The fraction of sp³-hybridized carbons (Fsp3) is 0.250. The molecule has 0 fully saturated rings. The first-order valence-electron chi connectivity index (χ1n) is 6.40. The summed E-state index contributed by atoms with van der Waals surface area (Å²) in [6, 6.07) is 9.10. The molecule has 4 heteroatoms. The Morgan fingerprint density at radius 2 is 1.25 bits per heavy atom. The minimum absolute atomic E-state index is 0.352. The molecule has 2 aromatic rings. The highest BCUT2D eigenvalue weighted by Crippen LogP contribution is 2.62. The molecule has 0 nitrogen and oxygen atoms in total. The van der Waals surface area contributed by atoms with E-state index in [1.165, 1.54) is 24.3 Å².